The molecule has 1 atom stereocenters. The zero-order valence-corrected chi connectivity index (χ0v) is 8.23. The molecule has 2 N–H and O–H groups in total. The highest BCUT2D eigenvalue weighted by Crippen LogP contribution is 2.23. The van der Waals surface area contributed by atoms with Crippen LogP contribution in [-0.2, 0) is 11.3 Å². The molecule has 0 spiro atoms. The summed E-state index contributed by atoms with van der Waals surface area (Å²) in [6.45, 7) is 2.59. The molecule has 1 heterocycles. The first-order chi connectivity index (χ1) is 5.81. The Hall–Kier alpha value is -0.450. The Kier molecular flexibility index (Phi) is 3.65. The first kappa shape index (κ1) is 9.64. The van der Waals surface area contributed by atoms with Crippen LogP contribution >= 0.6 is 11.3 Å². The molecule has 0 fully saturated rings. The number of nitrogens with zero attached hydrogens (tertiary/aromatic N) is 1. The highest BCUT2D eigenvalue weighted by atomic mass is 32.1. The second-order valence-electron chi connectivity index (χ2n) is 2.51. The summed E-state index contributed by atoms with van der Waals surface area (Å²) >= 11 is 1.62. The zero-order valence-electron chi connectivity index (χ0n) is 7.41. The molecule has 0 unspecified atom stereocenters. The first-order valence-electron chi connectivity index (χ1n) is 3.99. The molecule has 0 aliphatic heterocycles. The molecule has 0 amide bonds. The number of ether oxygens (including phenoxy) is 1. The van der Waals surface area contributed by atoms with Crippen LogP contribution < -0.4 is 5.73 Å². The number of aromatic nitrogens is 1. The maximum absolute atomic E-state index is 5.45. The van der Waals surface area contributed by atoms with Gasteiger partial charge in [0.15, 0.2) is 0 Å². The molecule has 12 heavy (non-hydrogen) atoms. The summed E-state index contributed by atoms with van der Waals surface area (Å²) in [7, 11) is 1.71. The van der Waals surface area contributed by atoms with Gasteiger partial charge in [0.1, 0.15) is 11.1 Å². The Morgan fingerprint density at radius 3 is 2.92 bits per heavy atom. The fourth-order valence-electron chi connectivity index (χ4n) is 1.01. The fraction of sp³-hybridized carbons (Fsp3) is 0.625. The van der Waals surface area contributed by atoms with Gasteiger partial charge in [0, 0.05) is 19.0 Å². The Bertz CT molecular complexity index is 233. The highest BCUT2D eigenvalue weighted by molar-refractivity contribution is 7.09. The molecule has 0 aliphatic carbocycles. The lowest BCUT2D eigenvalue weighted by atomic mass is 10.3. The van der Waals surface area contributed by atoms with E-state index in [1.807, 2.05) is 5.38 Å². The smallest absolute Gasteiger partial charge is 0.122 e. The monoisotopic (exact) mass is 186 g/mol. The molecule has 1 aromatic rings. The highest BCUT2D eigenvalue weighted by Gasteiger charge is 2.11. The SMILES string of the molecule is CC[C@@H](OC)c1nc(CN)cs1. The summed E-state index contributed by atoms with van der Waals surface area (Å²) in [6, 6.07) is 0. The van der Waals surface area contributed by atoms with Gasteiger partial charge in [0.25, 0.3) is 0 Å². The Labute approximate surface area is 76.6 Å². The maximum Gasteiger partial charge on any atom is 0.122 e. The maximum atomic E-state index is 5.45. The first-order valence-corrected chi connectivity index (χ1v) is 4.87. The second-order valence-corrected chi connectivity index (χ2v) is 3.40. The van der Waals surface area contributed by atoms with Gasteiger partial charge in [-0.1, -0.05) is 6.92 Å². The molecule has 0 saturated carbocycles. The van der Waals surface area contributed by atoms with Crippen LogP contribution in [0.5, 0.6) is 0 Å². The van der Waals surface area contributed by atoms with Gasteiger partial charge >= 0.3 is 0 Å². The largest absolute Gasteiger partial charge is 0.374 e. The van der Waals surface area contributed by atoms with E-state index in [9.17, 15) is 0 Å². The Morgan fingerprint density at radius 2 is 2.50 bits per heavy atom. The molecule has 4 heteroatoms. The molecule has 0 radical (unpaired) electrons. The molecule has 1 aromatic heterocycles. The minimum absolute atomic E-state index is 0.135. The van der Waals surface area contributed by atoms with Crippen molar-refractivity contribution >= 4 is 11.3 Å². The molecule has 0 aliphatic rings. The minimum atomic E-state index is 0.135. The van der Waals surface area contributed by atoms with E-state index in [-0.39, 0.29) is 6.10 Å². The minimum Gasteiger partial charge on any atom is -0.374 e. The second kappa shape index (κ2) is 4.54. The summed E-state index contributed by atoms with van der Waals surface area (Å²) in [4.78, 5) is 4.34. The lowest BCUT2D eigenvalue weighted by molar-refractivity contribution is 0.0997. The van der Waals surface area contributed by atoms with Crippen LogP contribution in [0.25, 0.3) is 0 Å². The van der Waals surface area contributed by atoms with Crippen molar-refractivity contribution in [3.63, 3.8) is 0 Å². The van der Waals surface area contributed by atoms with Gasteiger partial charge < -0.3 is 10.5 Å². The van der Waals surface area contributed by atoms with Gasteiger partial charge in [0.05, 0.1) is 5.69 Å². The van der Waals surface area contributed by atoms with E-state index in [0.29, 0.717) is 6.54 Å². The van der Waals surface area contributed by atoms with E-state index in [1.165, 1.54) is 0 Å². The van der Waals surface area contributed by atoms with E-state index in [4.69, 9.17) is 10.5 Å². The third-order valence-electron chi connectivity index (χ3n) is 1.71. The third-order valence-corrected chi connectivity index (χ3v) is 2.69. The van der Waals surface area contributed by atoms with Gasteiger partial charge in [-0.05, 0) is 6.42 Å². The van der Waals surface area contributed by atoms with Crippen LogP contribution in [0, 0.1) is 0 Å². The predicted molar refractivity (Wildman–Crippen MR) is 50.0 cm³/mol. The van der Waals surface area contributed by atoms with Crippen LogP contribution in [0.15, 0.2) is 5.38 Å². The number of hydrogen-bond acceptors (Lipinski definition) is 4. The molecule has 0 aromatic carbocycles. The van der Waals surface area contributed by atoms with Crippen molar-refractivity contribution in [2.45, 2.75) is 26.0 Å². The van der Waals surface area contributed by atoms with Crippen LogP contribution in [0.4, 0.5) is 0 Å². The molecule has 0 saturated heterocycles. The van der Waals surface area contributed by atoms with Gasteiger partial charge in [-0.15, -0.1) is 11.3 Å². The van der Waals surface area contributed by atoms with Gasteiger partial charge in [0.2, 0.25) is 0 Å². The normalized spacial score (nSPS) is 13.2. The quantitative estimate of drug-likeness (QED) is 0.778. The standard InChI is InChI=1S/C8H14N2OS/c1-3-7(11-2)8-10-6(4-9)5-12-8/h5,7H,3-4,9H2,1-2H3/t7-/m1/s1. The van der Waals surface area contributed by atoms with Crippen LogP contribution in [-0.4, -0.2) is 12.1 Å². The van der Waals surface area contributed by atoms with Gasteiger partial charge in [-0.25, -0.2) is 4.98 Å². The zero-order chi connectivity index (χ0) is 8.97. The number of hydrogen-bond donors (Lipinski definition) is 1. The van der Waals surface area contributed by atoms with Crippen molar-refractivity contribution in [1.29, 1.82) is 0 Å². The third kappa shape index (κ3) is 2.03. The van der Waals surface area contributed by atoms with Crippen molar-refractivity contribution in [2.75, 3.05) is 7.11 Å². The van der Waals surface area contributed by atoms with E-state index >= 15 is 0 Å². The van der Waals surface area contributed by atoms with Crippen molar-refractivity contribution in [3.8, 4) is 0 Å². The average molecular weight is 186 g/mol. The molecule has 0 bridgehead atoms. The summed E-state index contributed by atoms with van der Waals surface area (Å²) < 4.78 is 5.25. The van der Waals surface area contributed by atoms with Crippen LogP contribution in [0.3, 0.4) is 0 Å². The summed E-state index contributed by atoms with van der Waals surface area (Å²) in [5.41, 5.74) is 6.40. The summed E-state index contributed by atoms with van der Waals surface area (Å²) in [6.07, 6.45) is 1.09. The summed E-state index contributed by atoms with van der Waals surface area (Å²) in [5.74, 6) is 0. The van der Waals surface area contributed by atoms with E-state index < -0.39 is 0 Å². The predicted octanol–water partition coefficient (Wildman–Crippen LogP) is 1.70. The van der Waals surface area contributed by atoms with E-state index in [1.54, 1.807) is 18.4 Å². The average Bonchev–Trinajstić information content (AvgIpc) is 2.55. The number of methoxy groups -OCH3 is 1. The lowest BCUT2D eigenvalue weighted by Gasteiger charge is -2.08. The number of thiazole rings is 1. The molecule has 3 nitrogen and oxygen atoms in total. The lowest BCUT2D eigenvalue weighted by Crippen LogP contribution is -2.01. The van der Waals surface area contributed by atoms with Gasteiger partial charge in [-0.2, -0.15) is 0 Å². The van der Waals surface area contributed by atoms with Gasteiger partial charge in [-0.3, -0.25) is 0 Å². The van der Waals surface area contributed by atoms with Crippen molar-refractivity contribution in [2.24, 2.45) is 5.73 Å². The Morgan fingerprint density at radius 1 is 1.75 bits per heavy atom. The number of nitrogens with two attached hydrogens (primary N) is 1. The molecular formula is C8H14N2OS. The van der Waals surface area contributed by atoms with E-state index in [0.717, 1.165) is 17.1 Å². The van der Waals surface area contributed by atoms with Crippen LogP contribution in [0.1, 0.15) is 30.2 Å². The van der Waals surface area contributed by atoms with Crippen molar-refractivity contribution in [3.05, 3.63) is 16.1 Å². The van der Waals surface area contributed by atoms with E-state index in [2.05, 4.69) is 11.9 Å². The fourth-order valence-corrected chi connectivity index (χ4v) is 2.00. The number of rotatable bonds is 4. The van der Waals surface area contributed by atoms with Crippen molar-refractivity contribution < 1.29 is 4.74 Å². The Balaban J connectivity index is 2.72. The van der Waals surface area contributed by atoms with Crippen molar-refractivity contribution in [1.82, 2.24) is 4.98 Å². The molecular weight excluding hydrogens is 172 g/mol. The summed E-state index contributed by atoms with van der Waals surface area (Å²) in [5, 5.41) is 3.01. The van der Waals surface area contributed by atoms with Crippen LogP contribution in [0.2, 0.25) is 0 Å². The molecule has 68 valence electrons. The topological polar surface area (TPSA) is 48.1 Å². The molecule has 1 rings (SSSR count).